The lowest BCUT2D eigenvalue weighted by Gasteiger charge is -2.33. The molecule has 11 heteroatoms. The van der Waals surface area contributed by atoms with Crippen molar-refractivity contribution in [1.29, 1.82) is 0 Å². The molecule has 0 saturated heterocycles. The molecule has 3 aromatic rings. The first-order valence-corrected chi connectivity index (χ1v) is 16.6. The fourth-order valence-electron chi connectivity index (χ4n) is 5.07. The van der Waals surface area contributed by atoms with Crippen LogP contribution < -0.4 is 14.4 Å². The third-order valence-electron chi connectivity index (χ3n) is 7.58. The van der Waals surface area contributed by atoms with E-state index in [4.69, 9.17) is 27.9 Å². The van der Waals surface area contributed by atoms with Crippen molar-refractivity contribution in [3.8, 4) is 5.75 Å². The summed E-state index contributed by atoms with van der Waals surface area (Å²) in [6.45, 7) is 5.14. The van der Waals surface area contributed by atoms with E-state index < -0.39 is 28.5 Å². The van der Waals surface area contributed by atoms with Crippen LogP contribution in [0.4, 0.5) is 5.69 Å². The number of rotatable bonds is 12. The summed E-state index contributed by atoms with van der Waals surface area (Å²) in [4.78, 5) is 28.9. The fourth-order valence-corrected chi connectivity index (χ4v) is 7.00. The van der Waals surface area contributed by atoms with Crippen LogP contribution in [0.5, 0.6) is 5.75 Å². The number of carbonyl (C=O) groups excluding carboxylic acids is 2. The molecule has 1 aliphatic carbocycles. The molecule has 0 bridgehead atoms. The van der Waals surface area contributed by atoms with Crippen molar-refractivity contribution >= 4 is 50.7 Å². The largest absolute Gasteiger partial charge is 0.494 e. The van der Waals surface area contributed by atoms with Gasteiger partial charge in [-0.2, -0.15) is 0 Å². The lowest BCUT2D eigenvalue weighted by atomic mass is 10.1. The van der Waals surface area contributed by atoms with Crippen molar-refractivity contribution < 1.29 is 22.7 Å². The van der Waals surface area contributed by atoms with E-state index in [1.54, 1.807) is 61.5 Å². The summed E-state index contributed by atoms with van der Waals surface area (Å²) in [5.41, 5.74) is 1.64. The maximum Gasteiger partial charge on any atom is 0.264 e. The molecule has 1 N–H and O–H groups in total. The van der Waals surface area contributed by atoms with Crippen LogP contribution in [-0.4, -0.2) is 50.4 Å². The van der Waals surface area contributed by atoms with Gasteiger partial charge in [0.1, 0.15) is 18.3 Å². The van der Waals surface area contributed by atoms with E-state index in [0.717, 1.165) is 35.6 Å². The van der Waals surface area contributed by atoms with Gasteiger partial charge < -0.3 is 15.0 Å². The van der Waals surface area contributed by atoms with Gasteiger partial charge in [0.2, 0.25) is 11.8 Å². The van der Waals surface area contributed by atoms with Crippen molar-refractivity contribution in [2.75, 3.05) is 17.5 Å². The van der Waals surface area contributed by atoms with Crippen LogP contribution in [0.25, 0.3) is 0 Å². The van der Waals surface area contributed by atoms with Gasteiger partial charge in [0.05, 0.1) is 17.2 Å². The first-order chi connectivity index (χ1) is 20.5. The van der Waals surface area contributed by atoms with Crippen LogP contribution in [0, 0.1) is 6.92 Å². The summed E-state index contributed by atoms with van der Waals surface area (Å²) in [6.07, 6.45) is 3.82. The van der Waals surface area contributed by atoms with E-state index in [-0.39, 0.29) is 29.1 Å². The van der Waals surface area contributed by atoms with Crippen LogP contribution in [0.3, 0.4) is 0 Å². The van der Waals surface area contributed by atoms with Gasteiger partial charge in [0.15, 0.2) is 0 Å². The lowest BCUT2D eigenvalue weighted by Crippen LogP contribution is -2.52. The molecule has 1 aliphatic rings. The second kappa shape index (κ2) is 14.5. The summed E-state index contributed by atoms with van der Waals surface area (Å²) in [5.74, 6) is -0.343. The quantitative estimate of drug-likeness (QED) is 0.247. The molecule has 0 unspecified atom stereocenters. The fraction of sp³-hybridized carbons (Fsp3) is 0.375. The highest BCUT2D eigenvalue weighted by Crippen LogP contribution is 2.29. The average Bonchev–Trinajstić information content (AvgIpc) is 3.49. The normalized spacial score (nSPS) is 14.3. The van der Waals surface area contributed by atoms with Crippen LogP contribution in [0.15, 0.2) is 71.6 Å². The molecule has 0 spiro atoms. The number of sulfonamides is 1. The second-order valence-corrected chi connectivity index (χ2v) is 13.3. The topological polar surface area (TPSA) is 96.0 Å². The molecule has 43 heavy (non-hydrogen) atoms. The second-order valence-electron chi connectivity index (χ2n) is 10.6. The predicted octanol–water partition coefficient (Wildman–Crippen LogP) is 6.37. The minimum absolute atomic E-state index is 0.0347. The van der Waals surface area contributed by atoms with Crippen molar-refractivity contribution in [3.63, 3.8) is 0 Å². The zero-order chi connectivity index (χ0) is 31.1. The van der Waals surface area contributed by atoms with Crippen molar-refractivity contribution in [2.24, 2.45) is 0 Å². The summed E-state index contributed by atoms with van der Waals surface area (Å²) in [5, 5.41) is 3.72. The predicted molar refractivity (Wildman–Crippen MR) is 170 cm³/mol. The van der Waals surface area contributed by atoms with E-state index in [9.17, 15) is 18.0 Å². The maximum absolute atomic E-state index is 14.2. The van der Waals surface area contributed by atoms with Gasteiger partial charge in [0.25, 0.3) is 10.0 Å². The SMILES string of the molecule is CCOc1ccc(N(CC(=O)N(Cc2c(Cl)cccc2Cl)[C@H](C)C(=O)NC2CCCC2)S(=O)(=O)c2ccc(C)cc2)cc1. The molecule has 1 atom stereocenters. The minimum Gasteiger partial charge on any atom is -0.494 e. The zero-order valence-electron chi connectivity index (χ0n) is 24.6. The van der Waals surface area contributed by atoms with Crippen LogP contribution >= 0.6 is 23.2 Å². The van der Waals surface area contributed by atoms with E-state index in [0.29, 0.717) is 28.0 Å². The Balaban J connectivity index is 1.72. The van der Waals surface area contributed by atoms with Gasteiger partial charge in [-0.05, 0) is 82.1 Å². The number of halogens is 2. The Bertz CT molecular complexity index is 1510. The molecular weight excluding hydrogens is 609 g/mol. The van der Waals surface area contributed by atoms with Crippen molar-refractivity contribution in [2.45, 2.75) is 70.0 Å². The molecule has 1 fully saturated rings. The maximum atomic E-state index is 14.2. The molecule has 0 aromatic heterocycles. The van der Waals surface area contributed by atoms with Crippen LogP contribution in [-0.2, 0) is 26.2 Å². The third-order valence-corrected chi connectivity index (χ3v) is 10.1. The number of nitrogens with zero attached hydrogens (tertiary/aromatic N) is 2. The highest BCUT2D eigenvalue weighted by molar-refractivity contribution is 7.92. The molecule has 0 heterocycles. The Morgan fingerprint density at radius 2 is 1.58 bits per heavy atom. The molecule has 3 aromatic carbocycles. The summed E-state index contributed by atoms with van der Waals surface area (Å²) < 4.78 is 34.6. The monoisotopic (exact) mass is 645 g/mol. The van der Waals surface area contributed by atoms with Gasteiger partial charge >= 0.3 is 0 Å². The first-order valence-electron chi connectivity index (χ1n) is 14.4. The van der Waals surface area contributed by atoms with E-state index in [2.05, 4.69) is 5.32 Å². The number of hydrogen-bond donors (Lipinski definition) is 1. The van der Waals surface area contributed by atoms with E-state index in [1.165, 1.54) is 17.0 Å². The summed E-state index contributed by atoms with van der Waals surface area (Å²) >= 11 is 12.9. The highest BCUT2D eigenvalue weighted by Gasteiger charge is 2.34. The van der Waals surface area contributed by atoms with Crippen molar-refractivity contribution in [1.82, 2.24) is 10.2 Å². The van der Waals surface area contributed by atoms with Crippen molar-refractivity contribution in [3.05, 3.63) is 87.9 Å². The highest BCUT2D eigenvalue weighted by atomic mass is 35.5. The number of amides is 2. The Kier molecular flexibility index (Phi) is 11.0. The number of carbonyl (C=O) groups is 2. The number of hydrogen-bond acceptors (Lipinski definition) is 5. The summed E-state index contributed by atoms with van der Waals surface area (Å²) in [7, 11) is -4.19. The Labute approximate surface area is 264 Å². The molecule has 0 aliphatic heterocycles. The molecule has 1 saturated carbocycles. The molecule has 4 rings (SSSR count). The molecule has 8 nitrogen and oxygen atoms in total. The van der Waals surface area contributed by atoms with Crippen LogP contribution in [0.2, 0.25) is 10.0 Å². The number of benzene rings is 3. The van der Waals surface area contributed by atoms with E-state index in [1.807, 2.05) is 13.8 Å². The van der Waals surface area contributed by atoms with Crippen LogP contribution in [0.1, 0.15) is 50.7 Å². The molecular formula is C32H37Cl2N3O5S. The number of nitrogens with one attached hydrogen (secondary N) is 1. The zero-order valence-corrected chi connectivity index (χ0v) is 26.9. The van der Waals surface area contributed by atoms with Gasteiger partial charge in [-0.1, -0.05) is 59.8 Å². The Morgan fingerprint density at radius 1 is 0.977 bits per heavy atom. The Morgan fingerprint density at radius 3 is 2.16 bits per heavy atom. The standard InChI is InChI=1S/C32H37Cl2N3O5S/c1-4-42-26-16-14-25(15-17-26)37(43(40,41)27-18-12-22(2)13-19-27)21-31(38)36(20-28-29(33)10-7-11-30(28)34)23(3)32(39)35-24-8-5-6-9-24/h7,10-19,23-24H,4-6,8-9,20-21H2,1-3H3,(H,35,39)/t23-/m1/s1. The number of ether oxygens (including phenoxy) is 1. The third kappa shape index (κ3) is 8.02. The lowest BCUT2D eigenvalue weighted by molar-refractivity contribution is -0.139. The van der Waals surface area contributed by atoms with Gasteiger partial charge in [0, 0.05) is 28.2 Å². The summed E-state index contributed by atoms with van der Waals surface area (Å²) in [6, 6.07) is 17.0. The molecule has 0 radical (unpaired) electrons. The van der Waals surface area contributed by atoms with Gasteiger partial charge in [-0.25, -0.2) is 8.42 Å². The van der Waals surface area contributed by atoms with Gasteiger partial charge in [-0.3, -0.25) is 13.9 Å². The first kappa shape index (κ1) is 32.6. The minimum atomic E-state index is -4.19. The molecule has 230 valence electrons. The van der Waals surface area contributed by atoms with E-state index >= 15 is 0 Å². The molecule has 2 amide bonds. The average molecular weight is 647 g/mol. The number of anilines is 1. The Hall–Kier alpha value is -3.27. The smallest absolute Gasteiger partial charge is 0.264 e. The van der Waals surface area contributed by atoms with Gasteiger partial charge in [-0.15, -0.1) is 0 Å². The number of aryl methyl sites for hydroxylation is 1.